The Morgan fingerprint density at radius 1 is 1.39 bits per heavy atom. The molecule has 2 bridgehead atoms. The van der Waals surface area contributed by atoms with Gasteiger partial charge in [-0.1, -0.05) is 0 Å². The molecule has 3 atom stereocenters. The largest absolute Gasteiger partial charge is 0.462 e. The molecular weight excluding hydrogens is 292 g/mol. The third kappa shape index (κ3) is 2.67. The second-order valence-electron chi connectivity index (χ2n) is 6.46. The lowest BCUT2D eigenvalue weighted by atomic mass is 9.99. The molecule has 3 N–H and O–H groups in total. The van der Waals surface area contributed by atoms with Crippen LogP contribution in [0.3, 0.4) is 0 Å². The van der Waals surface area contributed by atoms with Crippen LogP contribution in [-0.4, -0.2) is 40.7 Å². The lowest BCUT2D eigenvalue weighted by Crippen LogP contribution is -2.43. The highest BCUT2D eigenvalue weighted by Crippen LogP contribution is 2.32. The van der Waals surface area contributed by atoms with Gasteiger partial charge in [0.2, 0.25) is 0 Å². The number of H-pyrrole nitrogens is 1. The molecule has 2 aromatic rings. The number of hydrogen-bond acceptors (Lipinski definition) is 5. The molecule has 2 aliphatic rings. The average Bonchev–Trinajstić information content (AvgIpc) is 3.14. The predicted octanol–water partition coefficient (Wildman–Crippen LogP) is 2.43. The van der Waals surface area contributed by atoms with E-state index in [4.69, 9.17) is 4.74 Å². The molecule has 4 rings (SSSR count). The molecule has 6 heteroatoms. The van der Waals surface area contributed by atoms with E-state index in [9.17, 15) is 4.79 Å². The monoisotopic (exact) mass is 314 g/mol. The summed E-state index contributed by atoms with van der Waals surface area (Å²) in [6.07, 6.45) is 8.14. The Bertz CT molecular complexity index is 714. The fraction of sp³-hybridized carbons (Fsp3) is 0.529. The van der Waals surface area contributed by atoms with E-state index in [1.165, 1.54) is 12.8 Å². The number of hydrogen-bond donors (Lipinski definition) is 3. The van der Waals surface area contributed by atoms with Gasteiger partial charge in [-0.3, -0.25) is 0 Å². The molecule has 0 radical (unpaired) electrons. The standard InChI is InChI=1S/C17H22N4O2/c1-2-23-17(22)14-9-19-16-13(5-6-18-16)15(14)21-12-7-10-3-4-11(8-12)20-10/h5-6,9-12,20H,2-4,7-8H2,1H3,(H2,18,19,21)/t10-,11+,12-. The summed E-state index contributed by atoms with van der Waals surface area (Å²) < 4.78 is 5.20. The Balaban J connectivity index is 1.67. The number of carbonyl (C=O) groups is 1. The van der Waals surface area contributed by atoms with Crippen LogP contribution < -0.4 is 10.6 Å². The molecule has 6 nitrogen and oxygen atoms in total. The minimum absolute atomic E-state index is 0.317. The minimum Gasteiger partial charge on any atom is -0.462 e. The number of pyridine rings is 1. The summed E-state index contributed by atoms with van der Waals surface area (Å²) in [6, 6.07) is 3.53. The molecule has 0 aromatic carbocycles. The quantitative estimate of drug-likeness (QED) is 0.755. The summed E-state index contributed by atoms with van der Waals surface area (Å²) >= 11 is 0. The first-order chi connectivity index (χ1) is 11.2. The number of piperidine rings is 1. The van der Waals surface area contributed by atoms with E-state index in [0.717, 1.165) is 29.6 Å². The average molecular weight is 314 g/mol. The predicted molar refractivity (Wildman–Crippen MR) is 88.6 cm³/mol. The van der Waals surface area contributed by atoms with Crippen molar-refractivity contribution in [3.63, 3.8) is 0 Å². The number of anilines is 1. The SMILES string of the molecule is CCOC(=O)c1cnc2[nH]ccc2c1N[C@@H]1C[C@H]2CC[C@@H](C1)N2. The van der Waals surface area contributed by atoms with E-state index in [1.54, 1.807) is 6.20 Å². The van der Waals surface area contributed by atoms with Crippen LogP contribution in [0, 0.1) is 0 Å². The molecule has 0 aliphatic carbocycles. The third-order valence-electron chi connectivity index (χ3n) is 4.90. The van der Waals surface area contributed by atoms with Gasteiger partial charge in [-0.15, -0.1) is 0 Å². The van der Waals surface area contributed by atoms with E-state index in [1.807, 2.05) is 19.2 Å². The first kappa shape index (κ1) is 14.5. The van der Waals surface area contributed by atoms with Gasteiger partial charge < -0.3 is 20.4 Å². The lowest BCUT2D eigenvalue weighted by molar-refractivity contribution is 0.0527. The van der Waals surface area contributed by atoms with Gasteiger partial charge in [-0.25, -0.2) is 9.78 Å². The summed E-state index contributed by atoms with van der Waals surface area (Å²) in [7, 11) is 0. The number of carbonyl (C=O) groups excluding carboxylic acids is 1. The van der Waals surface area contributed by atoms with Crippen molar-refractivity contribution in [1.29, 1.82) is 0 Å². The van der Waals surface area contributed by atoms with Crippen LogP contribution in [0.25, 0.3) is 11.0 Å². The van der Waals surface area contributed by atoms with Crippen molar-refractivity contribution in [3.05, 3.63) is 24.0 Å². The van der Waals surface area contributed by atoms with Gasteiger partial charge in [0.1, 0.15) is 11.2 Å². The second kappa shape index (κ2) is 5.85. The van der Waals surface area contributed by atoms with Crippen molar-refractivity contribution < 1.29 is 9.53 Å². The van der Waals surface area contributed by atoms with Crippen LogP contribution in [0.15, 0.2) is 18.5 Å². The molecule has 0 amide bonds. The van der Waals surface area contributed by atoms with Gasteiger partial charge in [0.05, 0.1) is 12.3 Å². The number of ether oxygens (including phenoxy) is 1. The van der Waals surface area contributed by atoms with Crippen molar-refractivity contribution in [2.45, 2.75) is 50.7 Å². The molecule has 0 unspecified atom stereocenters. The summed E-state index contributed by atoms with van der Waals surface area (Å²) in [5, 5.41) is 8.21. The highest BCUT2D eigenvalue weighted by Gasteiger charge is 2.34. The maximum absolute atomic E-state index is 12.3. The van der Waals surface area contributed by atoms with Crippen LogP contribution in [0.5, 0.6) is 0 Å². The first-order valence-electron chi connectivity index (χ1n) is 8.40. The number of nitrogens with one attached hydrogen (secondary N) is 3. The molecule has 0 spiro atoms. The highest BCUT2D eigenvalue weighted by molar-refractivity contribution is 6.04. The van der Waals surface area contributed by atoms with Crippen molar-refractivity contribution in [1.82, 2.24) is 15.3 Å². The Labute approximate surface area is 135 Å². The number of esters is 1. The topological polar surface area (TPSA) is 79.0 Å². The van der Waals surface area contributed by atoms with Gasteiger partial charge in [0.25, 0.3) is 0 Å². The smallest absolute Gasteiger partial charge is 0.341 e. The Morgan fingerprint density at radius 2 is 2.17 bits per heavy atom. The normalized spacial score (nSPS) is 26.4. The van der Waals surface area contributed by atoms with E-state index in [-0.39, 0.29) is 5.97 Å². The zero-order chi connectivity index (χ0) is 15.8. The number of nitrogens with zero attached hydrogens (tertiary/aromatic N) is 1. The molecule has 122 valence electrons. The molecule has 4 heterocycles. The van der Waals surface area contributed by atoms with E-state index < -0.39 is 0 Å². The van der Waals surface area contributed by atoms with Crippen molar-refractivity contribution in [3.8, 4) is 0 Å². The van der Waals surface area contributed by atoms with Gasteiger partial charge in [-0.05, 0) is 38.7 Å². The highest BCUT2D eigenvalue weighted by atomic mass is 16.5. The zero-order valence-corrected chi connectivity index (χ0v) is 13.3. The van der Waals surface area contributed by atoms with E-state index >= 15 is 0 Å². The fourth-order valence-electron chi connectivity index (χ4n) is 3.91. The van der Waals surface area contributed by atoms with Crippen LogP contribution in [-0.2, 0) is 4.74 Å². The summed E-state index contributed by atoms with van der Waals surface area (Å²) in [4.78, 5) is 19.7. The summed E-state index contributed by atoms with van der Waals surface area (Å²) in [5.74, 6) is -0.317. The number of aromatic nitrogens is 2. The van der Waals surface area contributed by atoms with Gasteiger partial charge in [0, 0.05) is 35.9 Å². The van der Waals surface area contributed by atoms with Crippen LogP contribution in [0.1, 0.15) is 43.0 Å². The Kier molecular flexibility index (Phi) is 3.69. The molecule has 2 fully saturated rings. The maximum Gasteiger partial charge on any atom is 0.341 e. The van der Waals surface area contributed by atoms with Gasteiger partial charge in [0.15, 0.2) is 0 Å². The van der Waals surface area contributed by atoms with E-state index in [2.05, 4.69) is 20.6 Å². The molecular formula is C17H22N4O2. The molecule has 23 heavy (non-hydrogen) atoms. The summed E-state index contributed by atoms with van der Waals surface area (Å²) in [5.41, 5.74) is 2.16. The molecule has 2 aliphatic heterocycles. The van der Waals surface area contributed by atoms with Crippen molar-refractivity contribution in [2.24, 2.45) is 0 Å². The van der Waals surface area contributed by atoms with E-state index in [0.29, 0.717) is 30.3 Å². The maximum atomic E-state index is 12.3. The Morgan fingerprint density at radius 3 is 2.91 bits per heavy atom. The van der Waals surface area contributed by atoms with Gasteiger partial charge >= 0.3 is 5.97 Å². The molecule has 2 saturated heterocycles. The van der Waals surface area contributed by atoms with Crippen LogP contribution in [0.4, 0.5) is 5.69 Å². The number of aromatic amines is 1. The number of fused-ring (bicyclic) bond motifs is 3. The minimum atomic E-state index is -0.317. The first-order valence-corrected chi connectivity index (χ1v) is 8.40. The Hall–Kier alpha value is -2.08. The lowest BCUT2D eigenvalue weighted by Gasteiger charge is -2.31. The van der Waals surface area contributed by atoms with Crippen molar-refractivity contribution >= 4 is 22.7 Å². The second-order valence-corrected chi connectivity index (χ2v) is 6.46. The van der Waals surface area contributed by atoms with Crippen molar-refractivity contribution in [2.75, 3.05) is 11.9 Å². The van der Waals surface area contributed by atoms with Crippen LogP contribution in [0.2, 0.25) is 0 Å². The fourth-order valence-corrected chi connectivity index (χ4v) is 3.91. The number of rotatable bonds is 4. The molecule has 2 aromatic heterocycles. The third-order valence-corrected chi connectivity index (χ3v) is 4.90. The molecule has 0 saturated carbocycles. The van der Waals surface area contributed by atoms with Crippen LogP contribution >= 0.6 is 0 Å². The zero-order valence-electron chi connectivity index (χ0n) is 13.3. The van der Waals surface area contributed by atoms with Gasteiger partial charge in [-0.2, -0.15) is 0 Å². The summed E-state index contributed by atoms with van der Waals surface area (Å²) in [6.45, 7) is 2.18.